The van der Waals surface area contributed by atoms with Gasteiger partial charge in [0.2, 0.25) is 0 Å². The van der Waals surface area contributed by atoms with E-state index in [4.69, 9.17) is 15.5 Å². The van der Waals surface area contributed by atoms with Crippen LogP contribution in [0.3, 0.4) is 0 Å². The number of nitrogens with two attached hydrogens (primary N) is 1. The van der Waals surface area contributed by atoms with Crippen molar-refractivity contribution in [3.05, 3.63) is 41.6 Å². The number of aliphatic hydroxyl groups excluding tert-OH is 2. The predicted molar refractivity (Wildman–Crippen MR) is 186 cm³/mol. The van der Waals surface area contributed by atoms with Crippen LogP contribution in [-0.2, 0) is 16.6 Å². The summed E-state index contributed by atoms with van der Waals surface area (Å²) in [7, 11) is 0. The molecule has 264 valence electrons. The molecule has 2 aromatic heterocycles. The number of nitrogens with one attached hydrogen (secondary N) is 3. The zero-order valence-corrected chi connectivity index (χ0v) is 28.9. The van der Waals surface area contributed by atoms with Gasteiger partial charge in [0.05, 0.1) is 34.5 Å². The van der Waals surface area contributed by atoms with Crippen LogP contribution in [0.1, 0.15) is 120 Å². The lowest BCUT2D eigenvalue weighted by Gasteiger charge is -2.46. The van der Waals surface area contributed by atoms with Gasteiger partial charge in [0.15, 0.2) is 6.23 Å². The minimum Gasteiger partial charge on any atom is -0.387 e. The van der Waals surface area contributed by atoms with Gasteiger partial charge in [-0.3, -0.25) is 14.8 Å². The van der Waals surface area contributed by atoms with Gasteiger partial charge >= 0.3 is 0 Å². The number of fused-ring (bicyclic) bond motifs is 2. The first-order valence-electron chi connectivity index (χ1n) is 18.7. The average molecular weight is 672 g/mol. The van der Waals surface area contributed by atoms with Gasteiger partial charge in [-0.05, 0) is 95.2 Å². The van der Waals surface area contributed by atoms with Crippen LogP contribution in [-0.4, -0.2) is 77.2 Å². The maximum atomic E-state index is 11.3. The Morgan fingerprint density at radius 3 is 2.57 bits per heavy atom. The molecule has 1 saturated heterocycles. The molecule has 1 spiro atoms. The quantitative estimate of drug-likeness (QED) is 0.191. The minimum atomic E-state index is -1.08. The summed E-state index contributed by atoms with van der Waals surface area (Å²) in [5.74, 6) is 2.40. The van der Waals surface area contributed by atoms with Crippen LogP contribution >= 0.6 is 0 Å². The second-order valence-electron chi connectivity index (χ2n) is 16.0. The number of aryl methyl sites for hydroxylation is 1. The number of rotatable bonds is 9. The lowest BCUT2D eigenvalue weighted by Crippen LogP contribution is -2.58. The highest BCUT2D eigenvalue weighted by molar-refractivity contribution is 5.76. The van der Waals surface area contributed by atoms with Crippen molar-refractivity contribution in [3.8, 4) is 6.07 Å². The lowest BCUT2D eigenvalue weighted by atomic mass is 9.76. The van der Waals surface area contributed by atoms with Crippen LogP contribution in [0.5, 0.6) is 0 Å². The van der Waals surface area contributed by atoms with Gasteiger partial charge in [-0.2, -0.15) is 5.26 Å². The van der Waals surface area contributed by atoms with Gasteiger partial charge in [0.1, 0.15) is 41.8 Å². The number of aliphatic hydroxyl groups is 2. The fraction of sp³-hybridized carbons (Fsp3) is 0.703. The molecule has 1 unspecified atom stereocenters. The van der Waals surface area contributed by atoms with E-state index in [1.807, 2.05) is 4.57 Å². The molecule has 49 heavy (non-hydrogen) atoms. The molecule has 2 aliphatic heterocycles. The third-order valence-electron chi connectivity index (χ3n) is 12.3. The van der Waals surface area contributed by atoms with Crippen molar-refractivity contribution in [2.24, 2.45) is 11.7 Å². The first-order chi connectivity index (χ1) is 23.7. The van der Waals surface area contributed by atoms with E-state index >= 15 is 0 Å². The molecule has 3 saturated carbocycles. The summed E-state index contributed by atoms with van der Waals surface area (Å²) in [6.45, 7) is 4.94. The number of nitrogens with zero attached hydrogens (tertiary/aromatic N) is 5. The van der Waals surface area contributed by atoms with Gasteiger partial charge in [0, 0.05) is 25.0 Å². The van der Waals surface area contributed by atoms with Crippen molar-refractivity contribution in [1.29, 1.82) is 5.26 Å². The molecule has 4 heterocycles. The van der Waals surface area contributed by atoms with E-state index in [1.54, 1.807) is 6.33 Å². The maximum Gasteiger partial charge on any atom is 0.165 e. The highest BCUT2D eigenvalue weighted by Gasteiger charge is 2.49. The van der Waals surface area contributed by atoms with E-state index < -0.39 is 30.7 Å². The second-order valence-corrected chi connectivity index (χ2v) is 16.0. The molecule has 0 radical (unpaired) electrons. The largest absolute Gasteiger partial charge is 0.387 e. The van der Waals surface area contributed by atoms with Crippen molar-refractivity contribution < 1.29 is 14.9 Å². The molecule has 3 aliphatic carbocycles. The number of hydrogen-bond donors (Lipinski definition) is 6. The zero-order chi connectivity index (χ0) is 33.9. The molecule has 5 aliphatic rings. The summed E-state index contributed by atoms with van der Waals surface area (Å²) in [5, 5.41) is 39.5. The van der Waals surface area contributed by atoms with Crippen LogP contribution in [0.15, 0.2) is 24.5 Å². The summed E-state index contributed by atoms with van der Waals surface area (Å²) in [6.07, 6.45) is 11.8. The van der Waals surface area contributed by atoms with E-state index in [9.17, 15) is 15.5 Å². The Kier molecular flexibility index (Phi) is 8.74. The predicted octanol–water partition coefficient (Wildman–Crippen LogP) is 4.47. The Balaban J connectivity index is 0.885. The first kappa shape index (κ1) is 33.1. The van der Waals surface area contributed by atoms with Crippen LogP contribution in [0.25, 0.3) is 11.0 Å². The number of anilines is 1. The third-order valence-corrected chi connectivity index (χ3v) is 12.3. The molecule has 5 atom stereocenters. The Labute approximate surface area is 288 Å². The molecular formula is C37H53N9O3. The number of benzene rings is 1. The number of nitriles is 1. The molecular weight excluding hydrogens is 618 g/mol. The van der Waals surface area contributed by atoms with E-state index in [2.05, 4.69) is 63.6 Å². The number of aromatic amines is 1. The summed E-state index contributed by atoms with van der Waals surface area (Å²) in [4.78, 5) is 15.4. The van der Waals surface area contributed by atoms with Crippen molar-refractivity contribution in [2.75, 3.05) is 11.9 Å². The fourth-order valence-electron chi connectivity index (χ4n) is 9.04. The summed E-state index contributed by atoms with van der Waals surface area (Å²) < 4.78 is 8.36. The fourth-order valence-corrected chi connectivity index (χ4v) is 9.04. The number of imidazole rings is 2. The highest BCUT2D eigenvalue weighted by atomic mass is 16.6. The lowest BCUT2D eigenvalue weighted by molar-refractivity contribution is -0.0628. The smallest absolute Gasteiger partial charge is 0.165 e. The summed E-state index contributed by atoms with van der Waals surface area (Å²) in [6, 6.07) is 9.40. The molecule has 12 nitrogen and oxygen atoms in total. The van der Waals surface area contributed by atoms with E-state index in [0.717, 1.165) is 92.4 Å². The monoisotopic (exact) mass is 671 g/mol. The Morgan fingerprint density at radius 1 is 1.10 bits per heavy atom. The van der Waals surface area contributed by atoms with E-state index in [0.29, 0.717) is 24.2 Å². The molecule has 12 heteroatoms. The van der Waals surface area contributed by atoms with Crippen molar-refractivity contribution in [3.63, 3.8) is 0 Å². The van der Waals surface area contributed by atoms with Crippen LogP contribution in [0, 0.1) is 17.2 Å². The van der Waals surface area contributed by atoms with Gasteiger partial charge < -0.3 is 31.0 Å². The maximum absolute atomic E-state index is 11.3. The van der Waals surface area contributed by atoms with E-state index in [1.165, 1.54) is 19.3 Å². The zero-order valence-electron chi connectivity index (χ0n) is 28.9. The SMILES string of the molecule is CC(C)N(C[C@H]1O[C@@H](n2cnc3c2NC2(CCCCCCC2)NC3N)[C@H](O)[C@@H]1O)C1CC(CCc2nc3cc(C4(C#N)CC4)ccc3[nH]2)C1. The van der Waals surface area contributed by atoms with Crippen molar-refractivity contribution in [2.45, 2.75) is 151 Å². The first-order valence-corrected chi connectivity index (χ1v) is 18.7. The molecule has 7 N–H and O–H groups in total. The van der Waals surface area contributed by atoms with Crippen LogP contribution in [0.2, 0.25) is 0 Å². The third kappa shape index (κ3) is 6.17. The molecule has 4 fully saturated rings. The van der Waals surface area contributed by atoms with Crippen LogP contribution in [0.4, 0.5) is 5.82 Å². The highest BCUT2D eigenvalue weighted by Crippen LogP contribution is 2.48. The van der Waals surface area contributed by atoms with Crippen molar-refractivity contribution in [1.82, 2.24) is 29.7 Å². The molecule has 3 aromatic rings. The summed E-state index contributed by atoms with van der Waals surface area (Å²) >= 11 is 0. The van der Waals surface area contributed by atoms with Crippen molar-refractivity contribution >= 4 is 16.9 Å². The number of H-pyrrole nitrogens is 1. The molecule has 0 bridgehead atoms. The summed E-state index contributed by atoms with van der Waals surface area (Å²) in [5.41, 5.74) is 9.78. The second kappa shape index (κ2) is 12.9. The van der Waals surface area contributed by atoms with Gasteiger partial charge in [-0.25, -0.2) is 9.97 Å². The number of hydrogen-bond acceptors (Lipinski definition) is 10. The molecule has 8 rings (SSSR count). The van der Waals surface area contributed by atoms with E-state index in [-0.39, 0.29) is 17.1 Å². The Bertz CT molecular complexity index is 1680. The standard InChI is InChI=1S/C37H53N9O3/c1-22(2)45(25-16-23(17-25)8-11-29-41-26-10-9-24(18-27(26)42-29)36(20-38)14-15-36)19-28-31(47)32(48)35(49-28)46-21-40-30-33(39)43-37(44-34(30)46)12-6-4-3-5-7-13-37/h9-10,18,21-23,25,28,31-33,35,43-44,47-48H,3-8,11-17,19,39H2,1-2H3,(H,41,42)/t23?,25?,28-,31-,32-,33?,35-/m1/s1. The Hall–Kier alpha value is -3.05. The average Bonchev–Trinajstić information content (AvgIpc) is 3.44. The normalized spacial score (nSPS) is 32.0. The van der Waals surface area contributed by atoms with Gasteiger partial charge in [-0.15, -0.1) is 0 Å². The molecule has 1 aromatic carbocycles. The van der Waals surface area contributed by atoms with Crippen LogP contribution < -0.4 is 16.4 Å². The van der Waals surface area contributed by atoms with Gasteiger partial charge in [0.25, 0.3) is 0 Å². The number of aromatic nitrogens is 4. The topological polar surface area (TPSA) is 173 Å². The minimum absolute atomic E-state index is 0.275. The Morgan fingerprint density at radius 2 is 1.86 bits per heavy atom. The molecule has 0 amide bonds. The van der Waals surface area contributed by atoms with Gasteiger partial charge in [-0.1, -0.05) is 25.3 Å². The number of ether oxygens (including phenoxy) is 1.